The normalized spacial score (nSPS) is 14.1. The first kappa shape index (κ1) is 13.5. The largest absolute Gasteiger partial charge is 0.370 e. The molecule has 1 rings (SSSR count). The maximum absolute atomic E-state index is 11.4. The highest BCUT2D eigenvalue weighted by Crippen LogP contribution is 2.15. The van der Waals surface area contributed by atoms with Gasteiger partial charge in [0.25, 0.3) is 0 Å². The molecule has 0 aromatic carbocycles. The van der Waals surface area contributed by atoms with E-state index in [0.717, 1.165) is 12.8 Å². The van der Waals surface area contributed by atoms with Crippen LogP contribution in [0.5, 0.6) is 0 Å². The summed E-state index contributed by atoms with van der Waals surface area (Å²) < 4.78 is 0. The molecule has 0 bridgehead atoms. The van der Waals surface area contributed by atoms with Crippen LogP contribution in [0.4, 0.5) is 0 Å². The Morgan fingerprint density at radius 2 is 1.82 bits per heavy atom. The number of hydrogen-bond donors (Lipinski definition) is 2. The van der Waals surface area contributed by atoms with Gasteiger partial charge in [0, 0.05) is 19.4 Å². The highest BCUT2D eigenvalue weighted by Gasteiger charge is 2.06. The molecule has 0 aromatic heterocycles. The first-order valence-corrected chi connectivity index (χ1v) is 6.08. The van der Waals surface area contributed by atoms with Crippen LogP contribution in [0, 0.1) is 5.92 Å². The van der Waals surface area contributed by atoms with Crippen molar-refractivity contribution in [2.24, 2.45) is 11.7 Å². The number of primary amides is 1. The van der Waals surface area contributed by atoms with E-state index in [4.69, 9.17) is 5.73 Å². The van der Waals surface area contributed by atoms with Crippen LogP contribution in [-0.4, -0.2) is 18.4 Å². The van der Waals surface area contributed by atoms with Crippen molar-refractivity contribution in [1.82, 2.24) is 5.32 Å². The molecule has 0 aliphatic heterocycles. The predicted molar refractivity (Wildman–Crippen MR) is 67.1 cm³/mol. The van der Waals surface area contributed by atoms with Gasteiger partial charge in [-0.2, -0.15) is 0 Å². The Balaban J connectivity index is 1.95. The zero-order chi connectivity index (χ0) is 12.5. The van der Waals surface area contributed by atoms with Crippen molar-refractivity contribution < 1.29 is 9.59 Å². The summed E-state index contributed by atoms with van der Waals surface area (Å²) in [6.45, 7) is 0.533. The molecular weight excluding hydrogens is 216 g/mol. The van der Waals surface area contributed by atoms with E-state index < -0.39 is 0 Å². The second-order valence-corrected chi connectivity index (χ2v) is 4.25. The minimum atomic E-state index is -0.320. The minimum Gasteiger partial charge on any atom is -0.370 e. The van der Waals surface area contributed by atoms with Gasteiger partial charge in [-0.1, -0.05) is 24.3 Å². The summed E-state index contributed by atoms with van der Waals surface area (Å²) in [7, 11) is 0. The maximum Gasteiger partial charge on any atom is 0.219 e. The molecule has 94 valence electrons. The summed E-state index contributed by atoms with van der Waals surface area (Å²) in [5, 5.41) is 2.78. The van der Waals surface area contributed by atoms with Gasteiger partial charge in [-0.3, -0.25) is 9.59 Å². The fourth-order valence-electron chi connectivity index (χ4n) is 1.75. The Morgan fingerprint density at radius 1 is 1.12 bits per heavy atom. The lowest BCUT2D eigenvalue weighted by Gasteiger charge is -2.06. The van der Waals surface area contributed by atoms with Gasteiger partial charge < -0.3 is 11.1 Å². The average molecular weight is 236 g/mol. The molecule has 0 saturated carbocycles. The number of carbonyl (C=O) groups is 2. The Morgan fingerprint density at radius 3 is 2.47 bits per heavy atom. The SMILES string of the molecule is NC(=O)CCCNC(=O)CCCC1C=CC=C1. The monoisotopic (exact) mass is 236 g/mol. The van der Waals surface area contributed by atoms with E-state index in [1.807, 2.05) is 12.2 Å². The average Bonchev–Trinajstić information content (AvgIpc) is 2.77. The molecule has 0 atom stereocenters. The number of rotatable bonds is 8. The van der Waals surface area contributed by atoms with Gasteiger partial charge in [-0.25, -0.2) is 0 Å². The second kappa shape index (κ2) is 7.65. The Hall–Kier alpha value is -1.58. The molecule has 0 fully saturated rings. The van der Waals surface area contributed by atoms with E-state index in [-0.39, 0.29) is 11.8 Å². The van der Waals surface area contributed by atoms with E-state index in [2.05, 4.69) is 17.5 Å². The second-order valence-electron chi connectivity index (χ2n) is 4.25. The van der Waals surface area contributed by atoms with Gasteiger partial charge in [-0.15, -0.1) is 0 Å². The van der Waals surface area contributed by atoms with Crippen LogP contribution < -0.4 is 11.1 Å². The predicted octanol–water partition coefficient (Wildman–Crippen LogP) is 1.28. The van der Waals surface area contributed by atoms with Crippen molar-refractivity contribution in [3.63, 3.8) is 0 Å². The van der Waals surface area contributed by atoms with Crippen molar-refractivity contribution >= 4 is 11.8 Å². The number of allylic oxidation sites excluding steroid dienone is 4. The van der Waals surface area contributed by atoms with Crippen molar-refractivity contribution in [1.29, 1.82) is 0 Å². The highest BCUT2D eigenvalue weighted by atomic mass is 16.2. The molecule has 0 spiro atoms. The van der Waals surface area contributed by atoms with Crippen LogP contribution in [0.2, 0.25) is 0 Å². The molecule has 1 aliphatic carbocycles. The summed E-state index contributed by atoms with van der Waals surface area (Å²) in [5.74, 6) is 0.233. The van der Waals surface area contributed by atoms with Gasteiger partial charge in [-0.05, 0) is 25.2 Å². The third-order valence-corrected chi connectivity index (χ3v) is 2.69. The Labute approximate surface area is 102 Å². The summed E-state index contributed by atoms with van der Waals surface area (Å²) in [4.78, 5) is 21.9. The maximum atomic E-state index is 11.4. The summed E-state index contributed by atoms with van der Waals surface area (Å²) in [5.41, 5.74) is 4.99. The zero-order valence-corrected chi connectivity index (χ0v) is 10.0. The minimum absolute atomic E-state index is 0.0560. The molecule has 0 heterocycles. The Bertz CT molecular complexity index is 309. The van der Waals surface area contributed by atoms with Crippen LogP contribution in [-0.2, 0) is 9.59 Å². The fraction of sp³-hybridized carbons (Fsp3) is 0.538. The lowest BCUT2D eigenvalue weighted by molar-refractivity contribution is -0.122. The number of nitrogens with one attached hydrogen (secondary N) is 1. The zero-order valence-electron chi connectivity index (χ0n) is 10.0. The molecule has 3 N–H and O–H groups in total. The van der Waals surface area contributed by atoms with E-state index in [1.54, 1.807) is 0 Å². The van der Waals surface area contributed by atoms with E-state index in [1.165, 1.54) is 0 Å². The molecule has 0 aromatic rings. The smallest absolute Gasteiger partial charge is 0.219 e. The van der Waals surface area contributed by atoms with Gasteiger partial charge in [0.05, 0.1) is 0 Å². The number of hydrogen-bond acceptors (Lipinski definition) is 2. The quantitative estimate of drug-likeness (QED) is 0.623. The first-order chi connectivity index (χ1) is 8.18. The third kappa shape index (κ3) is 6.56. The molecule has 1 aliphatic rings. The number of carbonyl (C=O) groups excluding carboxylic acids is 2. The van der Waals surface area contributed by atoms with Crippen molar-refractivity contribution in [2.45, 2.75) is 32.1 Å². The molecule has 0 unspecified atom stereocenters. The molecule has 17 heavy (non-hydrogen) atoms. The Kier molecular flexibility index (Phi) is 6.07. The summed E-state index contributed by atoms with van der Waals surface area (Å²) >= 11 is 0. The molecule has 0 radical (unpaired) electrons. The van der Waals surface area contributed by atoms with Gasteiger partial charge in [0.1, 0.15) is 0 Å². The van der Waals surface area contributed by atoms with Crippen LogP contribution in [0.1, 0.15) is 32.1 Å². The van der Waals surface area contributed by atoms with Crippen molar-refractivity contribution in [3.8, 4) is 0 Å². The molecule has 2 amide bonds. The lowest BCUT2D eigenvalue weighted by Crippen LogP contribution is -2.25. The van der Waals surface area contributed by atoms with E-state index in [0.29, 0.717) is 31.7 Å². The van der Waals surface area contributed by atoms with Gasteiger partial charge >= 0.3 is 0 Å². The molecule has 4 heteroatoms. The molecular formula is C13H20N2O2. The molecule has 0 saturated heterocycles. The van der Waals surface area contributed by atoms with E-state index >= 15 is 0 Å². The third-order valence-electron chi connectivity index (χ3n) is 2.69. The van der Waals surface area contributed by atoms with Crippen LogP contribution in [0.3, 0.4) is 0 Å². The van der Waals surface area contributed by atoms with Gasteiger partial charge in [0.15, 0.2) is 0 Å². The van der Waals surface area contributed by atoms with Crippen molar-refractivity contribution in [2.75, 3.05) is 6.54 Å². The first-order valence-electron chi connectivity index (χ1n) is 6.08. The lowest BCUT2D eigenvalue weighted by atomic mass is 10.0. The number of nitrogens with two attached hydrogens (primary N) is 1. The fourth-order valence-corrected chi connectivity index (χ4v) is 1.75. The summed E-state index contributed by atoms with van der Waals surface area (Å²) in [6.07, 6.45) is 11.8. The van der Waals surface area contributed by atoms with E-state index in [9.17, 15) is 9.59 Å². The van der Waals surface area contributed by atoms with Crippen LogP contribution >= 0.6 is 0 Å². The van der Waals surface area contributed by atoms with Crippen LogP contribution in [0.15, 0.2) is 24.3 Å². The van der Waals surface area contributed by atoms with Gasteiger partial charge in [0.2, 0.25) is 11.8 Å². The highest BCUT2D eigenvalue weighted by molar-refractivity contribution is 5.76. The number of amides is 2. The van der Waals surface area contributed by atoms with Crippen LogP contribution in [0.25, 0.3) is 0 Å². The molecule has 4 nitrogen and oxygen atoms in total. The summed E-state index contributed by atoms with van der Waals surface area (Å²) in [6, 6.07) is 0. The van der Waals surface area contributed by atoms with Crippen molar-refractivity contribution in [3.05, 3.63) is 24.3 Å². The topological polar surface area (TPSA) is 72.2 Å². The standard InChI is InChI=1S/C13H20N2O2/c14-12(16)8-4-10-15-13(17)9-3-7-11-5-1-2-6-11/h1-2,5-6,11H,3-4,7-10H2,(H2,14,16)(H,15,17).